The van der Waals surface area contributed by atoms with Crippen molar-refractivity contribution in [2.45, 2.75) is 52.1 Å². The van der Waals surface area contributed by atoms with E-state index in [0.717, 1.165) is 24.6 Å². The van der Waals surface area contributed by atoms with Gasteiger partial charge < -0.3 is 16.0 Å². The molecular weight excluding hydrogens is 338 g/mol. The minimum atomic E-state index is -0.0694. The number of nitrogens with zero attached hydrogens (tertiary/aromatic N) is 2. The summed E-state index contributed by atoms with van der Waals surface area (Å²) in [5, 5.41) is 9.46. The van der Waals surface area contributed by atoms with Crippen molar-refractivity contribution in [3.8, 4) is 0 Å². The summed E-state index contributed by atoms with van der Waals surface area (Å²) in [6.45, 7) is 11.3. The van der Waals surface area contributed by atoms with Crippen LogP contribution >= 0.6 is 0 Å². The fraction of sp³-hybridized carbons (Fsp3) is 0.619. The second-order valence-electron chi connectivity index (χ2n) is 7.68. The summed E-state index contributed by atoms with van der Waals surface area (Å²) in [7, 11) is 1.64. The van der Waals surface area contributed by atoms with E-state index in [-0.39, 0.29) is 11.4 Å². The Morgan fingerprint density at radius 3 is 2.37 bits per heavy atom. The van der Waals surface area contributed by atoms with E-state index in [2.05, 4.69) is 41.6 Å². The van der Waals surface area contributed by atoms with Crippen molar-refractivity contribution in [3.05, 3.63) is 35.4 Å². The molecule has 150 valence electrons. The number of aliphatic imine (C=N–C) groups is 1. The first-order chi connectivity index (χ1) is 13.0. The molecule has 1 fully saturated rings. The summed E-state index contributed by atoms with van der Waals surface area (Å²) in [6, 6.07) is 7.58. The zero-order chi connectivity index (χ0) is 19.7. The van der Waals surface area contributed by atoms with Crippen LogP contribution in [-0.4, -0.2) is 55.5 Å². The highest BCUT2D eigenvalue weighted by Crippen LogP contribution is 2.19. The average Bonchev–Trinajstić information content (AvgIpc) is 2.70. The van der Waals surface area contributed by atoms with Gasteiger partial charge in [0.25, 0.3) is 5.91 Å². The number of benzene rings is 1. The standard InChI is InChI=1S/C21H35N5O/c1-5-23-20(25-16-21(2,3)26-13-7-6-8-14-26)24-15-17-9-11-18(12-10-17)19(27)22-4/h9-12H,5-8,13-16H2,1-4H3,(H,22,27)(H2,23,24,25). The van der Waals surface area contributed by atoms with Gasteiger partial charge in [-0.15, -0.1) is 0 Å². The molecule has 0 bridgehead atoms. The highest BCUT2D eigenvalue weighted by atomic mass is 16.1. The van der Waals surface area contributed by atoms with Gasteiger partial charge in [0, 0.05) is 31.2 Å². The van der Waals surface area contributed by atoms with Crippen LogP contribution < -0.4 is 16.0 Å². The third-order valence-corrected chi connectivity index (χ3v) is 5.11. The summed E-state index contributed by atoms with van der Waals surface area (Å²) in [5.41, 5.74) is 1.85. The number of nitrogens with one attached hydrogen (secondary N) is 3. The maximum atomic E-state index is 11.6. The molecule has 0 spiro atoms. The van der Waals surface area contributed by atoms with Gasteiger partial charge in [0.2, 0.25) is 0 Å². The van der Waals surface area contributed by atoms with Crippen LogP contribution in [0, 0.1) is 0 Å². The van der Waals surface area contributed by atoms with Crippen LogP contribution in [0.3, 0.4) is 0 Å². The lowest BCUT2D eigenvalue weighted by Gasteiger charge is -2.41. The van der Waals surface area contributed by atoms with E-state index in [9.17, 15) is 4.79 Å². The predicted molar refractivity (Wildman–Crippen MR) is 112 cm³/mol. The predicted octanol–water partition coefficient (Wildman–Crippen LogP) is 2.37. The maximum absolute atomic E-state index is 11.6. The number of piperidine rings is 1. The summed E-state index contributed by atoms with van der Waals surface area (Å²) in [6.07, 6.45) is 3.94. The molecule has 0 aromatic heterocycles. The highest BCUT2D eigenvalue weighted by molar-refractivity contribution is 5.93. The Kier molecular flexibility index (Phi) is 8.10. The first-order valence-corrected chi connectivity index (χ1v) is 10.0. The summed E-state index contributed by atoms with van der Waals surface area (Å²) < 4.78 is 0. The van der Waals surface area contributed by atoms with Gasteiger partial charge >= 0.3 is 0 Å². The zero-order valence-corrected chi connectivity index (χ0v) is 17.3. The van der Waals surface area contributed by atoms with Gasteiger partial charge in [-0.3, -0.25) is 9.69 Å². The second kappa shape index (κ2) is 10.3. The quantitative estimate of drug-likeness (QED) is 0.507. The molecule has 3 N–H and O–H groups in total. The van der Waals surface area contributed by atoms with Crippen LogP contribution in [0.2, 0.25) is 0 Å². The van der Waals surface area contributed by atoms with Gasteiger partial charge in [0.15, 0.2) is 5.96 Å². The van der Waals surface area contributed by atoms with Crippen LogP contribution in [0.4, 0.5) is 0 Å². The number of rotatable bonds is 7. The minimum absolute atomic E-state index is 0.0694. The molecule has 2 rings (SSSR count). The lowest BCUT2D eigenvalue weighted by molar-refractivity contribution is 0.0963. The molecule has 27 heavy (non-hydrogen) atoms. The number of hydrogen-bond acceptors (Lipinski definition) is 3. The Morgan fingerprint density at radius 2 is 1.78 bits per heavy atom. The topological polar surface area (TPSA) is 68.8 Å². The Morgan fingerprint density at radius 1 is 1.11 bits per heavy atom. The normalized spacial score (nSPS) is 16.1. The Bertz CT molecular complexity index is 618. The van der Waals surface area contributed by atoms with Crippen molar-refractivity contribution in [3.63, 3.8) is 0 Å². The van der Waals surface area contributed by atoms with E-state index >= 15 is 0 Å². The van der Waals surface area contributed by atoms with Gasteiger partial charge in [-0.25, -0.2) is 4.99 Å². The van der Waals surface area contributed by atoms with E-state index in [1.165, 1.54) is 32.4 Å². The fourth-order valence-corrected chi connectivity index (χ4v) is 3.33. The molecule has 1 aliphatic heterocycles. The SMILES string of the molecule is CCNC(=NCc1ccc(C(=O)NC)cc1)NCC(C)(C)N1CCCCC1. The van der Waals surface area contributed by atoms with Crippen molar-refractivity contribution in [1.29, 1.82) is 0 Å². The van der Waals surface area contributed by atoms with Gasteiger partial charge in [-0.1, -0.05) is 18.6 Å². The Labute approximate surface area is 163 Å². The molecule has 0 atom stereocenters. The van der Waals surface area contributed by atoms with Gasteiger partial charge in [-0.05, 0) is 64.4 Å². The van der Waals surface area contributed by atoms with Crippen molar-refractivity contribution in [2.75, 3.05) is 33.2 Å². The average molecular weight is 374 g/mol. The van der Waals surface area contributed by atoms with Gasteiger partial charge in [-0.2, -0.15) is 0 Å². The number of amides is 1. The number of hydrogen-bond donors (Lipinski definition) is 3. The molecule has 0 aliphatic carbocycles. The third-order valence-electron chi connectivity index (χ3n) is 5.11. The molecule has 0 saturated carbocycles. The Balaban J connectivity index is 1.94. The van der Waals surface area contributed by atoms with Crippen molar-refractivity contribution in [1.82, 2.24) is 20.9 Å². The highest BCUT2D eigenvalue weighted by Gasteiger charge is 2.27. The maximum Gasteiger partial charge on any atom is 0.251 e. The first-order valence-electron chi connectivity index (χ1n) is 10.0. The molecule has 0 unspecified atom stereocenters. The van der Waals surface area contributed by atoms with Gasteiger partial charge in [0.05, 0.1) is 6.54 Å². The number of carbonyl (C=O) groups is 1. The second-order valence-corrected chi connectivity index (χ2v) is 7.68. The molecule has 1 aromatic rings. The van der Waals surface area contributed by atoms with Gasteiger partial charge in [0.1, 0.15) is 0 Å². The van der Waals surface area contributed by atoms with E-state index in [4.69, 9.17) is 4.99 Å². The Hall–Kier alpha value is -2.08. The lowest BCUT2D eigenvalue weighted by Crippen LogP contribution is -2.54. The number of likely N-dealkylation sites (tertiary alicyclic amines) is 1. The van der Waals surface area contributed by atoms with Crippen LogP contribution in [0.5, 0.6) is 0 Å². The largest absolute Gasteiger partial charge is 0.357 e. The van der Waals surface area contributed by atoms with Crippen molar-refractivity contribution >= 4 is 11.9 Å². The molecule has 1 aliphatic rings. The zero-order valence-electron chi connectivity index (χ0n) is 17.3. The lowest BCUT2D eigenvalue weighted by atomic mass is 9.98. The van der Waals surface area contributed by atoms with Crippen LogP contribution in [0.15, 0.2) is 29.3 Å². The van der Waals surface area contributed by atoms with Crippen LogP contribution in [0.1, 0.15) is 56.0 Å². The molecule has 1 aromatic carbocycles. The van der Waals surface area contributed by atoms with Crippen LogP contribution in [-0.2, 0) is 6.54 Å². The monoisotopic (exact) mass is 373 g/mol. The minimum Gasteiger partial charge on any atom is -0.357 e. The van der Waals surface area contributed by atoms with E-state index in [1.807, 2.05) is 24.3 Å². The van der Waals surface area contributed by atoms with E-state index < -0.39 is 0 Å². The fourth-order valence-electron chi connectivity index (χ4n) is 3.33. The molecule has 1 amide bonds. The molecule has 6 heteroatoms. The van der Waals surface area contributed by atoms with E-state index in [1.54, 1.807) is 7.05 Å². The molecule has 0 radical (unpaired) electrons. The number of carbonyl (C=O) groups excluding carboxylic acids is 1. The van der Waals surface area contributed by atoms with Crippen molar-refractivity contribution in [2.24, 2.45) is 4.99 Å². The number of guanidine groups is 1. The third kappa shape index (κ3) is 6.54. The molecule has 1 heterocycles. The summed E-state index contributed by atoms with van der Waals surface area (Å²) >= 11 is 0. The summed E-state index contributed by atoms with van der Waals surface area (Å²) in [4.78, 5) is 18.9. The molecule has 6 nitrogen and oxygen atoms in total. The first kappa shape index (κ1) is 21.2. The van der Waals surface area contributed by atoms with Crippen LogP contribution in [0.25, 0.3) is 0 Å². The smallest absolute Gasteiger partial charge is 0.251 e. The molecular formula is C21H35N5O. The van der Waals surface area contributed by atoms with Crippen molar-refractivity contribution < 1.29 is 4.79 Å². The summed E-state index contributed by atoms with van der Waals surface area (Å²) in [5.74, 6) is 0.762. The molecule has 1 saturated heterocycles. The van der Waals surface area contributed by atoms with E-state index in [0.29, 0.717) is 12.1 Å².